The SMILES string of the molecule is O=C1CC(NCc2nn[nH]n2)C(=O)N1C1CC1. The highest BCUT2D eigenvalue weighted by Crippen LogP contribution is 2.31. The second-order valence-corrected chi connectivity index (χ2v) is 4.30. The lowest BCUT2D eigenvalue weighted by Gasteiger charge is -2.13. The van der Waals surface area contributed by atoms with Gasteiger partial charge in [0.1, 0.15) is 0 Å². The van der Waals surface area contributed by atoms with E-state index in [9.17, 15) is 9.59 Å². The highest BCUT2D eigenvalue weighted by molar-refractivity contribution is 6.06. The maximum absolute atomic E-state index is 11.9. The van der Waals surface area contributed by atoms with E-state index in [1.54, 1.807) is 0 Å². The molecule has 1 aromatic heterocycles. The predicted octanol–water partition coefficient (Wildman–Crippen LogP) is -1.42. The molecule has 17 heavy (non-hydrogen) atoms. The molecule has 8 nitrogen and oxygen atoms in total. The van der Waals surface area contributed by atoms with Crippen molar-refractivity contribution in [3.05, 3.63) is 5.82 Å². The molecule has 1 aliphatic heterocycles. The summed E-state index contributed by atoms with van der Waals surface area (Å²) in [5.41, 5.74) is 0. The Morgan fingerprint density at radius 3 is 2.88 bits per heavy atom. The molecule has 0 aromatic carbocycles. The van der Waals surface area contributed by atoms with Crippen LogP contribution >= 0.6 is 0 Å². The number of likely N-dealkylation sites (tertiary alicyclic amines) is 1. The van der Waals surface area contributed by atoms with Gasteiger partial charge in [0.15, 0.2) is 5.82 Å². The lowest BCUT2D eigenvalue weighted by molar-refractivity contribution is -0.139. The van der Waals surface area contributed by atoms with Gasteiger partial charge in [-0.1, -0.05) is 5.21 Å². The monoisotopic (exact) mass is 236 g/mol. The average Bonchev–Trinajstić information content (AvgIpc) is 2.90. The van der Waals surface area contributed by atoms with Gasteiger partial charge in [-0.2, -0.15) is 5.21 Å². The Balaban J connectivity index is 1.61. The first-order valence-corrected chi connectivity index (χ1v) is 5.57. The van der Waals surface area contributed by atoms with Gasteiger partial charge in [0.05, 0.1) is 19.0 Å². The number of amides is 2. The van der Waals surface area contributed by atoms with Crippen LogP contribution in [-0.4, -0.2) is 49.4 Å². The average molecular weight is 236 g/mol. The lowest BCUT2D eigenvalue weighted by atomic mass is 10.2. The molecule has 0 radical (unpaired) electrons. The molecular formula is C9H12N6O2. The van der Waals surface area contributed by atoms with Crippen molar-refractivity contribution < 1.29 is 9.59 Å². The molecule has 2 N–H and O–H groups in total. The summed E-state index contributed by atoms with van der Waals surface area (Å²) < 4.78 is 0. The fourth-order valence-electron chi connectivity index (χ4n) is 2.00. The largest absolute Gasteiger partial charge is 0.298 e. The minimum Gasteiger partial charge on any atom is -0.298 e. The summed E-state index contributed by atoms with van der Waals surface area (Å²) in [6.07, 6.45) is 2.11. The third-order valence-electron chi connectivity index (χ3n) is 2.99. The maximum Gasteiger partial charge on any atom is 0.247 e. The number of hydrogen-bond acceptors (Lipinski definition) is 6. The number of imide groups is 1. The molecule has 1 aliphatic carbocycles. The standard InChI is InChI=1S/C9H12N6O2/c16-8-3-6(9(17)15(8)5-1-2-5)10-4-7-11-13-14-12-7/h5-6,10H,1-4H2,(H,11,12,13,14). The van der Waals surface area contributed by atoms with Crippen LogP contribution in [-0.2, 0) is 16.1 Å². The zero-order valence-electron chi connectivity index (χ0n) is 9.09. The smallest absolute Gasteiger partial charge is 0.247 e. The molecule has 2 fully saturated rings. The summed E-state index contributed by atoms with van der Waals surface area (Å²) in [5, 5.41) is 16.3. The molecule has 0 spiro atoms. The number of tetrazole rings is 1. The number of nitrogens with one attached hydrogen (secondary N) is 2. The van der Waals surface area contributed by atoms with E-state index in [0.29, 0.717) is 12.4 Å². The molecule has 1 unspecified atom stereocenters. The Morgan fingerprint density at radius 2 is 2.24 bits per heavy atom. The van der Waals surface area contributed by atoms with Gasteiger partial charge < -0.3 is 0 Å². The molecule has 2 heterocycles. The van der Waals surface area contributed by atoms with Crippen molar-refractivity contribution in [2.75, 3.05) is 0 Å². The number of hydrogen-bond donors (Lipinski definition) is 2. The summed E-state index contributed by atoms with van der Waals surface area (Å²) in [7, 11) is 0. The van der Waals surface area contributed by atoms with E-state index in [-0.39, 0.29) is 24.3 Å². The number of aromatic amines is 1. The minimum absolute atomic E-state index is 0.0805. The van der Waals surface area contributed by atoms with Gasteiger partial charge in [-0.3, -0.25) is 19.8 Å². The summed E-state index contributed by atoms with van der Waals surface area (Å²) in [6.45, 7) is 0.332. The van der Waals surface area contributed by atoms with Crippen molar-refractivity contribution in [3.8, 4) is 0 Å². The van der Waals surface area contributed by atoms with Crippen LogP contribution in [0.4, 0.5) is 0 Å². The Labute approximate surface area is 96.7 Å². The third kappa shape index (κ3) is 1.91. The summed E-state index contributed by atoms with van der Waals surface area (Å²) in [5.74, 6) is 0.277. The van der Waals surface area contributed by atoms with Crippen LogP contribution in [0.3, 0.4) is 0 Å². The third-order valence-corrected chi connectivity index (χ3v) is 2.99. The van der Waals surface area contributed by atoms with Crippen LogP contribution in [0.15, 0.2) is 0 Å². The molecule has 1 atom stereocenters. The molecule has 90 valence electrons. The first-order valence-electron chi connectivity index (χ1n) is 5.57. The summed E-state index contributed by atoms with van der Waals surface area (Å²) >= 11 is 0. The number of aromatic nitrogens is 4. The van der Waals surface area contributed by atoms with Crippen molar-refractivity contribution in [1.82, 2.24) is 30.8 Å². The molecular weight excluding hydrogens is 224 g/mol. The lowest BCUT2D eigenvalue weighted by Crippen LogP contribution is -2.39. The van der Waals surface area contributed by atoms with Gasteiger partial charge in [-0.15, -0.1) is 10.2 Å². The van der Waals surface area contributed by atoms with E-state index in [4.69, 9.17) is 0 Å². The normalized spacial score (nSPS) is 24.7. The predicted molar refractivity (Wildman–Crippen MR) is 54.3 cm³/mol. The number of H-pyrrole nitrogens is 1. The van der Waals surface area contributed by atoms with E-state index in [1.165, 1.54) is 4.90 Å². The van der Waals surface area contributed by atoms with Crippen molar-refractivity contribution in [2.45, 2.75) is 37.9 Å². The quantitative estimate of drug-likeness (QED) is 0.622. The summed E-state index contributed by atoms with van der Waals surface area (Å²) in [6, 6.07) is -0.298. The van der Waals surface area contributed by atoms with Crippen molar-refractivity contribution in [2.24, 2.45) is 0 Å². The topological polar surface area (TPSA) is 104 Å². The molecule has 8 heteroatoms. The van der Waals surface area contributed by atoms with Crippen LogP contribution < -0.4 is 5.32 Å². The number of rotatable bonds is 4. The van der Waals surface area contributed by atoms with Gasteiger partial charge in [-0.25, -0.2) is 0 Å². The van der Waals surface area contributed by atoms with E-state index in [1.807, 2.05) is 0 Å². The van der Waals surface area contributed by atoms with E-state index >= 15 is 0 Å². The van der Waals surface area contributed by atoms with E-state index < -0.39 is 6.04 Å². The second kappa shape index (κ2) is 3.88. The second-order valence-electron chi connectivity index (χ2n) is 4.30. The zero-order valence-corrected chi connectivity index (χ0v) is 9.09. The van der Waals surface area contributed by atoms with Crippen LogP contribution in [0, 0.1) is 0 Å². The molecule has 2 amide bonds. The highest BCUT2D eigenvalue weighted by atomic mass is 16.2. The van der Waals surface area contributed by atoms with Gasteiger partial charge in [0.25, 0.3) is 0 Å². The fraction of sp³-hybridized carbons (Fsp3) is 0.667. The van der Waals surface area contributed by atoms with E-state index in [0.717, 1.165) is 12.8 Å². The maximum atomic E-state index is 11.9. The van der Waals surface area contributed by atoms with E-state index in [2.05, 4.69) is 25.9 Å². The molecule has 1 saturated heterocycles. The molecule has 1 aromatic rings. The van der Waals surface area contributed by atoms with Crippen LogP contribution in [0.2, 0.25) is 0 Å². The first kappa shape index (κ1) is 10.3. The molecule has 2 aliphatic rings. The van der Waals surface area contributed by atoms with Gasteiger partial charge in [-0.05, 0) is 12.8 Å². The molecule has 1 saturated carbocycles. The Kier molecular flexibility index (Phi) is 2.36. The van der Waals surface area contributed by atoms with Gasteiger partial charge >= 0.3 is 0 Å². The Hall–Kier alpha value is -1.83. The number of carbonyl (C=O) groups excluding carboxylic acids is 2. The van der Waals surface area contributed by atoms with Crippen LogP contribution in [0.5, 0.6) is 0 Å². The van der Waals surface area contributed by atoms with Crippen molar-refractivity contribution in [1.29, 1.82) is 0 Å². The Bertz CT molecular complexity index is 440. The molecule has 3 rings (SSSR count). The van der Waals surface area contributed by atoms with Gasteiger partial charge in [0, 0.05) is 6.04 Å². The van der Waals surface area contributed by atoms with Crippen LogP contribution in [0.1, 0.15) is 25.1 Å². The van der Waals surface area contributed by atoms with Crippen LogP contribution in [0.25, 0.3) is 0 Å². The highest BCUT2D eigenvalue weighted by Gasteiger charge is 2.45. The fourth-order valence-corrected chi connectivity index (χ4v) is 2.00. The van der Waals surface area contributed by atoms with Crippen molar-refractivity contribution in [3.63, 3.8) is 0 Å². The number of carbonyl (C=O) groups is 2. The summed E-state index contributed by atoms with van der Waals surface area (Å²) in [4.78, 5) is 25.0. The zero-order chi connectivity index (χ0) is 11.8. The minimum atomic E-state index is -0.443. The first-order chi connectivity index (χ1) is 8.25. The Morgan fingerprint density at radius 1 is 1.41 bits per heavy atom. The number of nitrogens with zero attached hydrogens (tertiary/aromatic N) is 4. The van der Waals surface area contributed by atoms with Gasteiger partial charge in [0.2, 0.25) is 11.8 Å². The molecule has 0 bridgehead atoms. The van der Waals surface area contributed by atoms with Crippen molar-refractivity contribution >= 4 is 11.8 Å².